The minimum Gasteiger partial charge on any atom is -0.396 e. The monoisotopic (exact) mass is 213 g/mol. The first kappa shape index (κ1) is 13.0. The number of hydrogen-bond donors (Lipinski definition) is 2. The van der Waals surface area contributed by atoms with Crippen LogP contribution < -0.4 is 5.73 Å². The van der Waals surface area contributed by atoms with Crippen LogP contribution in [0.1, 0.15) is 58.8 Å². The second kappa shape index (κ2) is 5.86. The van der Waals surface area contributed by atoms with E-state index in [1.165, 1.54) is 38.5 Å². The van der Waals surface area contributed by atoms with Crippen molar-refractivity contribution in [1.29, 1.82) is 0 Å². The highest BCUT2D eigenvalue weighted by Crippen LogP contribution is 2.42. The Morgan fingerprint density at radius 1 is 1.40 bits per heavy atom. The predicted octanol–water partition coefficient (Wildman–Crippen LogP) is 2.69. The van der Waals surface area contributed by atoms with Gasteiger partial charge in [-0.2, -0.15) is 0 Å². The fourth-order valence-electron chi connectivity index (χ4n) is 3.07. The third-order valence-electron chi connectivity index (χ3n) is 4.49. The first-order chi connectivity index (χ1) is 7.14. The molecule has 0 aromatic rings. The van der Waals surface area contributed by atoms with E-state index >= 15 is 0 Å². The molecule has 1 saturated carbocycles. The zero-order valence-electron chi connectivity index (χ0n) is 10.3. The lowest BCUT2D eigenvalue weighted by molar-refractivity contribution is 0.131. The van der Waals surface area contributed by atoms with Gasteiger partial charge in [-0.25, -0.2) is 0 Å². The van der Waals surface area contributed by atoms with Gasteiger partial charge in [0.15, 0.2) is 0 Å². The van der Waals surface area contributed by atoms with Gasteiger partial charge >= 0.3 is 0 Å². The van der Waals surface area contributed by atoms with Crippen molar-refractivity contribution in [3.63, 3.8) is 0 Å². The van der Waals surface area contributed by atoms with Crippen molar-refractivity contribution >= 4 is 0 Å². The number of aliphatic hydroxyl groups excluding tert-OH is 1. The summed E-state index contributed by atoms with van der Waals surface area (Å²) < 4.78 is 0. The zero-order valence-corrected chi connectivity index (χ0v) is 10.3. The van der Waals surface area contributed by atoms with Crippen LogP contribution in [0.2, 0.25) is 0 Å². The quantitative estimate of drug-likeness (QED) is 0.705. The Morgan fingerprint density at radius 3 is 2.67 bits per heavy atom. The van der Waals surface area contributed by atoms with E-state index in [1.54, 1.807) is 0 Å². The average Bonchev–Trinajstić information content (AvgIpc) is 2.42. The van der Waals surface area contributed by atoms with Crippen molar-refractivity contribution in [2.24, 2.45) is 17.1 Å². The van der Waals surface area contributed by atoms with Gasteiger partial charge in [0.25, 0.3) is 0 Å². The van der Waals surface area contributed by atoms with Gasteiger partial charge in [0, 0.05) is 12.6 Å². The molecule has 0 saturated heterocycles. The fraction of sp³-hybridized carbons (Fsp3) is 1.00. The van der Waals surface area contributed by atoms with Crippen molar-refractivity contribution in [3.8, 4) is 0 Å². The Bertz CT molecular complexity index is 181. The summed E-state index contributed by atoms with van der Waals surface area (Å²) >= 11 is 0. The molecule has 1 aliphatic rings. The largest absolute Gasteiger partial charge is 0.396 e. The zero-order chi connectivity index (χ0) is 11.3. The van der Waals surface area contributed by atoms with Crippen LogP contribution in [0.4, 0.5) is 0 Å². The fourth-order valence-corrected chi connectivity index (χ4v) is 3.07. The smallest absolute Gasteiger partial charge is 0.0436 e. The van der Waals surface area contributed by atoms with Crippen molar-refractivity contribution in [1.82, 2.24) is 0 Å². The molecule has 3 atom stereocenters. The standard InChI is InChI=1S/C13H27NO/c1-3-12-5-4-7-13(8-6-12,9-10-15)11(2)14/h11-12,15H,3-10,14H2,1-2H3. The molecule has 1 rings (SSSR count). The lowest BCUT2D eigenvalue weighted by atomic mass is 9.72. The SMILES string of the molecule is CCC1CCCC(CCO)(C(C)N)CC1. The Labute approximate surface area is 94.2 Å². The van der Waals surface area contributed by atoms with Crippen LogP contribution in [0, 0.1) is 11.3 Å². The molecule has 0 aliphatic heterocycles. The normalized spacial score (nSPS) is 34.8. The predicted molar refractivity (Wildman–Crippen MR) is 64.7 cm³/mol. The molecule has 0 aromatic heterocycles. The number of nitrogens with two attached hydrogens (primary N) is 1. The first-order valence-electron chi connectivity index (χ1n) is 6.51. The molecule has 90 valence electrons. The van der Waals surface area contributed by atoms with E-state index in [0.717, 1.165) is 12.3 Å². The molecule has 2 heteroatoms. The molecule has 0 amide bonds. The summed E-state index contributed by atoms with van der Waals surface area (Å²) in [6.07, 6.45) is 8.56. The van der Waals surface area contributed by atoms with Crippen LogP contribution in [-0.2, 0) is 0 Å². The maximum atomic E-state index is 9.19. The number of aliphatic hydroxyl groups is 1. The molecule has 0 spiro atoms. The van der Waals surface area contributed by atoms with E-state index in [4.69, 9.17) is 5.73 Å². The molecule has 0 heterocycles. The highest BCUT2D eigenvalue weighted by Gasteiger charge is 2.35. The first-order valence-corrected chi connectivity index (χ1v) is 6.51. The molecule has 0 bridgehead atoms. The second-order valence-corrected chi connectivity index (χ2v) is 5.33. The molecule has 15 heavy (non-hydrogen) atoms. The molecule has 3 unspecified atom stereocenters. The van der Waals surface area contributed by atoms with Crippen molar-refractivity contribution in [2.45, 2.75) is 64.8 Å². The van der Waals surface area contributed by atoms with Crippen molar-refractivity contribution in [3.05, 3.63) is 0 Å². The summed E-state index contributed by atoms with van der Waals surface area (Å²) in [7, 11) is 0. The highest BCUT2D eigenvalue weighted by molar-refractivity contribution is 4.89. The van der Waals surface area contributed by atoms with Crippen molar-refractivity contribution in [2.75, 3.05) is 6.61 Å². The molecule has 1 fully saturated rings. The van der Waals surface area contributed by atoms with Crippen LogP contribution in [0.3, 0.4) is 0 Å². The Kier molecular flexibility index (Phi) is 5.07. The minimum absolute atomic E-state index is 0.221. The maximum absolute atomic E-state index is 9.19. The van der Waals surface area contributed by atoms with E-state index in [0.29, 0.717) is 6.61 Å². The summed E-state index contributed by atoms with van der Waals surface area (Å²) in [6, 6.07) is 0.222. The number of rotatable bonds is 4. The van der Waals surface area contributed by atoms with Gasteiger partial charge in [-0.3, -0.25) is 0 Å². The van der Waals surface area contributed by atoms with Crippen LogP contribution >= 0.6 is 0 Å². The van der Waals surface area contributed by atoms with Crippen molar-refractivity contribution < 1.29 is 5.11 Å². The molecule has 1 aliphatic carbocycles. The topological polar surface area (TPSA) is 46.2 Å². The Hall–Kier alpha value is -0.0800. The third kappa shape index (κ3) is 3.18. The van der Waals surface area contributed by atoms with E-state index in [1.807, 2.05) is 0 Å². The molecule has 0 aromatic carbocycles. The Balaban J connectivity index is 2.64. The lowest BCUT2D eigenvalue weighted by Crippen LogP contribution is -2.40. The van der Waals surface area contributed by atoms with Gasteiger partial charge in [0.05, 0.1) is 0 Å². The summed E-state index contributed by atoms with van der Waals surface area (Å²) in [6.45, 7) is 4.69. The number of hydrogen-bond acceptors (Lipinski definition) is 2. The van der Waals surface area contributed by atoms with Gasteiger partial charge < -0.3 is 10.8 Å². The Morgan fingerprint density at radius 2 is 2.13 bits per heavy atom. The second-order valence-electron chi connectivity index (χ2n) is 5.33. The molecule has 0 radical (unpaired) electrons. The summed E-state index contributed by atoms with van der Waals surface area (Å²) in [5.41, 5.74) is 6.35. The van der Waals surface area contributed by atoms with E-state index in [-0.39, 0.29) is 11.5 Å². The van der Waals surface area contributed by atoms with Gasteiger partial charge in [-0.15, -0.1) is 0 Å². The summed E-state index contributed by atoms with van der Waals surface area (Å²) in [5, 5.41) is 9.19. The molecular formula is C13H27NO. The third-order valence-corrected chi connectivity index (χ3v) is 4.49. The van der Waals surface area contributed by atoms with Gasteiger partial charge in [0.2, 0.25) is 0 Å². The molecule has 3 N–H and O–H groups in total. The van der Waals surface area contributed by atoms with Gasteiger partial charge in [-0.05, 0) is 43.9 Å². The molecular weight excluding hydrogens is 186 g/mol. The summed E-state index contributed by atoms with van der Waals surface area (Å²) in [4.78, 5) is 0. The maximum Gasteiger partial charge on any atom is 0.0436 e. The van der Waals surface area contributed by atoms with Gasteiger partial charge in [0.1, 0.15) is 0 Å². The minimum atomic E-state index is 0.221. The van der Waals surface area contributed by atoms with E-state index in [9.17, 15) is 5.11 Å². The van der Waals surface area contributed by atoms with Crippen LogP contribution in [0.15, 0.2) is 0 Å². The lowest BCUT2D eigenvalue weighted by Gasteiger charge is -2.36. The van der Waals surface area contributed by atoms with E-state index in [2.05, 4.69) is 13.8 Å². The van der Waals surface area contributed by atoms with Gasteiger partial charge in [-0.1, -0.05) is 26.2 Å². The van der Waals surface area contributed by atoms with Crippen LogP contribution in [-0.4, -0.2) is 17.8 Å². The highest BCUT2D eigenvalue weighted by atomic mass is 16.3. The van der Waals surface area contributed by atoms with Crippen LogP contribution in [0.25, 0.3) is 0 Å². The van der Waals surface area contributed by atoms with Crippen LogP contribution in [0.5, 0.6) is 0 Å². The summed E-state index contributed by atoms with van der Waals surface area (Å²) in [5.74, 6) is 0.893. The average molecular weight is 213 g/mol. The molecule has 2 nitrogen and oxygen atoms in total. The van der Waals surface area contributed by atoms with E-state index < -0.39 is 0 Å².